The van der Waals surface area contributed by atoms with Crippen LogP contribution in [0.4, 0.5) is 0 Å². The van der Waals surface area contributed by atoms with E-state index in [2.05, 4.69) is 40.3 Å². The first-order chi connectivity index (χ1) is 12.2. The summed E-state index contributed by atoms with van der Waals surface area (Å²) in [4.78, 5) is 0. The monoisotopic (exact) mass is 396 g/mol. The molecular weight excluding hydrogens is 364 g/mol. The van der Waals surface area contributed by atoms with E-state index < -0.39 is 23.0 Å². The maximum absolute atomic E-state index is 9.95. The number of rotatable bonds is 11. The van der Waals surface area contributed by atoms with Crippen molar-refractivity contribution in [3.63, 3.8) is 0 Å². The van der Waals surface area contributed by atoms with E-state index in [9.17, 15) is 5.11 Å². The molecule has 0 radical (unpaired) electrons. The lowest BCUT2D eigenvalue weighted by Gasteiger charge is -2.27. The minimum absolute atomic E-state index is 0.610. The molecule has 2 aromatic heterocycles. The summed E-state index contributed by atoms with van der Waals surface area (Å²) in [6.45, 7) is 12.1. The zero-order valence-corrected chi connectivity index (χ0v) is 18.7. The van der Waals surface area contributed by atoms with E-state index in [4.69, 9.17) is 4.12 Å². The topological polar surface area (TPSA) is 90.9 Å². The van der Waals surface area contributed by atoms with Crippen molar-refractivity contribution in [3.8, 4) is 0 Å². The predicted octanol–water partition coefficient (Wildman–Crippen LogP) is 2.15. The number of aryl methyl sites for hydroxylation is 2. The molecule has 10 heteroatoms. The van der Waals surface area contributed by atoms with Gasteiger partial charge in [-0.2, -0.15) is 0 Å². The van der Waals surface area contributed by atoms with E-state index >= 15 is 0 Å². The van der Waals surface area contributed by atoms with Gasteiger partial charge >= 0.3 is 0 Å². The number of aliphatic hydroxyl groups is 1. The summed E-state index contributed by atoms with van der Waals surface area (Å²) in [7, 11) is -2.80. The van der Waals surface area contributed by atoms with Crippen molar-refractivity contribution in [2.75, 3.05) is 0 Å². The van der Waals surface area contributed by atoms with Gasteiger partial charge in [-0.3, -0.25) is 9.36 Å². The highest BCUT2D eigenvalue weighted by atomic mass is 28.4. The Morgan fingerprint density at radius 2 is 1.92 bits per heavy atom. The molecule has 146 valence electrons. The zero-order valence-electron chi connectivity index (χ0n) is 16.6. The second kappa shape index (κ2) is 9.02. The smallest absolute Gasteiger partial charge is 0.173 e. The fraction of sp³-hybridized carbons (Fsp3) is 0.750. The summed E-state index contributed by atoms with van der Waals surface area (Å²) in [5.41, 5.74) is -0.332. The normalized spacial score (nSPS) is 13.9. The van der Waals surface area contributed by atoms with Crippen LogP contribution in [0.1, 0.15) is 32.4 Å². The lowest BCUT2D eigenvalue weighted by Crippen LogP contribution is -2.36. The highest BCUT2D eigenvalue weighted by molar-refractivity contribution is 6.78. The molecule has 1 unspecified atom stereocenters. The SMILES string of the molecule is C[SiH](CCCn1ccnn1)O[Si](C)(C)CCCn1cc(C(C)(C)O)nn1. The van der Waals surface area contributed by atoms with Crippen molar-refractivity contribution >= 4 is 17.4 Å². The van der Waals surface area contributed by atoms with Crippen LogP contribution < -0.4 is 0 Å². The van der Waals surface area contributed by atoms with E-state index in [-0.39, 0.29) is 0 Å². The fourth-order valence-electron chi connectivity index (χ4n) is 2.91. The van der Waals surface area contributed by atoms with Crippen LogP contribution in [0.15, 0.2) is 18.6 Å². The molecule has 1 N–H and O–H groups in total. The van der Waals surface area contributed by atoms with E-state index in [1.54, 1.807) is 20.0 Å². The van der Waals surface area contributed by atoms with Crippen LogP contribution in [0.25, 0.3) is 0 Å². The Balaban J connectivity index is 1.67. The van der Waals surface area contributed by atoms with Gasteiger partial charge in [0.05, 0.1) is 12.4 Å². The molecule has 2 aromatic rings. The van der Waals surface area contributed by atoms with Gasteiger partial charge in [-0.15, -0.1) is 10.2 Å². The van der Waals surface area contributed by atoms with E-state index in [0.717, 1.165) is 38.0 Å². The molecule has 2 rings (SSSR count). The molecule has 26 heavy (non-hydrogen) atoms. The average Bonchev–Trinajstić information content (AvgIpc) is 3.17. The number of hydrogen-bond donors (Lipinski definition) is 1. The van der Waals surface area contributed by atoms with Crippen molar-refractivity contribution in [2.45, 2.75) is 77.1 Å². The molecule has 0 aliphatic carbocycles. The van der Waals surface area contributed by atoms with Gasteiger partial charge in [-0.1, -0.05) is 10.4 Å². The Kier molecular flexibility index (Phi) is 7.27. The molecule has 0 aliphatic rings. The highest BCUT2D eigenvalue weighted by Gasteiger charge is 2.25. The molecular formula is C16H32N6O2Si2. The summed E-state index contributed by atoms with van der Waals surface area (Å²) >= 11 is 0. The van der Waals surface area contributed by atoms with Crippen molar-refractivity contribution < 1.29 is 9.22 Å². The lowest BCUT2D eigenvalue weighted by molar-refractivity contribution is 0.0737. The lowest BCUT2D eigenvalue weighted by atomic mass is 10.1. The minimum Gasteiger partial charge on any atom is -0.458 e. The van der Waals surface area contributed by atoms with Crippen LogP contribution in [-0.2, 0) is 22.8 Å². The first kappa shape index (κ1) is 20.9. The quantitative estimate of drug-likeness (QED) is 0.585. The van der Waals surface area contributed by atoms with Crippen molar-refractivity contribution in [2.24, 2.45) is 0 Å². The van der Waals surface area contributed by atoms with Gasteiger partial charge in [-0.05, 0) is 58.4 Å². The Bertz CT molecular complexity index is 654. The molecule has 0 bridgehead atoms. The largest absolute Gasteiger partial charge is 0.458 e. The van der Waals surface area contributed by atoms with Gasteiger partial charge in [0, 0.05) is 19.3 Å². The molecule has 0 fully saturated rings. The van der Waals surface area contributed by atoms with Crippen LogP contribution in [-0.4, -0.2) is 52.5 Å². The predicted molar refractivity (Wildman–Crippen MR) is 106 cm³/mol. The van der Waals surface area contributed by atoms with Gasteiger partial charge in [0.15, 0.2) is 17.4 Å². The van der Waals surface area contributed by atoms with Crippen LogP contribution in [0.2, 0.25) is 31.7 Å². The Morgan fingerprint density at radius 1 is 1.19 bits per heavy atom. The highest BCUT2D eigenvalue weighted by Crippen LogP contribution is 2.19. The third-order valence-electron chi connectivity index (χ3n) is 4.32. The maximum atomic E-state index is 9.95. The second-order valence-corrected chi connectivity index (χ2v) is 15.2. The molecule has 8 nitrogen and oxygen atoms in total. The molecule has 2 heterocycles. The van der Waals surface area contributed by atoms with Gasteiger partial charge in [0.25, 0.3) is 0 Å². The Labute approximate surface area is 158 Å². The number of nitrogens with zero attached hydrogens (tertiary/aromatic N) is 6. The first-order valence-corrected chi connectivity index (χ1v) is 14.9. The fourth-order valence-corrected chi connectivity index (χ4v) is 9.98. The standard InChI is InChI=1S/C16H32N6O2Si2/c1-16(2,23)15-14-22(20-18-15)10-7-13-26(4,5)24-25(3)12-6-9-21-11-8-17-19-21/h8,11,14,23,25H,6-7,9-10,12-13H2,1-5H3. The Hall–Kier alpha value is -1.37. The van der Waals surface area contributed by atoms with E-state index in [0.29, 0.717) is 5.69 Å². The van der Waals surface area contributed by atoms with Crippen molar-refractivity contribution in [1.82, 2.24) is 30.0 Å². The summed E-state index contributed by atoms with van der Waals surface area (Å²) in [6.07, 6.45) is 7.57. The van der Waals surface area contributed by atoms with Crippen LogP contribution in [0.3, 0.4) is 0 Å². The van der Waals surface area contributed by atoms with E-state index in [1.807, 2.05) is 21.8 Å². The van der Waals surface area contributed by atoms with Gasteiger partial charge in [0.2, 0.25) is 0 Å². The zero-order chi connectivity index (χ0) is 19.2. The van der Waals surface area contributed by atoms with E-state index in [1.165, 1.54) is 0 Å². The number of aromatic nitrogens is 6. The third kappa shape index (κ3) is 7.10. The molecule has 0 saturated carbocycles. The summed E-state index contributed by atoms with van der Waals surface area (Å²) < 4.78 is 10.2. The molecule has 1 atom stereocenters. The van der Waals surface area contributed by atoms with Crippen LogP contribution >= 0.6 is 0 Å². The number of hydrogen-bond acceptors (Lipinski definition) is 6. The maximum Gasteiger partial charge on any atom is 0.173 e. The van der Waals surface area contributed by atoms with Gasteiger partial charge in [0.1, 0.15) is 11.3 Å². The molecule has 0 aliphatic heterocycles. The first-order valence-electron chi connectivity index (χ1n) is 9.31. The Morgan fingerprint density at radius 3 is 2.54 bits per heavy atom. The van der Waals surface area contributed by atoms with Crippen LogP contribution in [0.5, 0.6) is 0 Å². The molecule has 0 amide bonds. The van der Waals surface area contributed by atoms with Crippen LogP contribution in [0, 0.1) is 0 Å². The minimum atomic E-state index is -1.65. The van der Waals surface area contributed by atoms with Crippen molar-refractivity contribution in [3.05, 3.63) is 24.3 Å². The van der Waals surface area contributed by atoms with Gasteiger partial charge < -0.3 is 9.22 Å². The van der Waals surface area contributed by atoms with Gasteiger partial charge in [-0.25, -0.2) is 0 Å². The van der Waals surface area contributed by atoms with Crippen molar-refractivity contribution in [1.29, 1.82) is 0 Å². The molecule has 0 saturated heterocycles. The molecule has 0 aromatic carbocycles. The summed E-state index contributed by atoms with van der Waals surface area (Å²) in [5.74, 6) is 0. The third-order valence-corrected chi connectivity index (χ3v) is 11.3. The molecule has 0 spiro atoms. The summed E-state index contributed by atoms with van der Waals surface area (Å²) in [6, 6.07) is 2.26. The second-order valence-electron chi connectivity index (χ2n) is 8.03. The summed E-state index contributed by atoms with van der Waals surface area (Å²) in [5, 5.41) is 25.9. The average molecular weight is 397 g/mol.